The first kappa shape index (κ1) is 14.8. The Balaban J connectivity index is 2.78. The molecule has 1 rings (SSSR count). The van der Waals surface area contributed by atoms with Gasteiger partial charge in [0.25, 0.3) is 0 Å². The summed E-state index contributed by atoms with van der Waals surface area (Å²) in [6.45, 7) is 4.57. The summed E-state index contributed by atoms with van der Waals surface area (Å²) >= 11 is 0. The van der Waals surface area contributed by atoms with Crippen LogP contribution in [0, 0.1) is 0 Å². The van der Waals surface area contributed by atoms with Gasteiger partial charge in [0.05, 0.1) is 20.3 Å². The van der Waals surface area contributed by atoms with Crippen LogP contribution in [0.15, 0.2) is 18.2 Å². The summed E-state index contributed by atoms with van der Waals surface area (Å²) in [4.78, 5) is 0. The summed E-state index contributed by atoms with van der Waals surface area (Å²) in [5.74, 6) is 1.62. The minimum absolute atomic E-state index is 0.0937. The zero-order chi connectivity index (χ0) is 13.5. The van der Waals surface area contributed by atoms with Gasteiger partial charge in [0.2, 0.25) is 0 Å². The topological polar surface area (TPSA) is 50.7 Å². The zero-order valence-corrected chi connectivity index (χ0v) is 11.6. The van der Waals surface area contributed by atoms with Crippen LogP contribution in [0.2, 0.25) is 0 Å². The monoisotopic (exact) mass is 253 g/mol. The minimum Gasteiger partial charge on any atom is -0.497 e. The van der Waals surface area contributed by atoms with Gasteiger partial charge in [-0.3, -0.25) is 0 Å². The fourth-order valence-corrected chi connectivity index (χ4v) is 1.74. The Morgan fingerprint density at radius 2 is 2.00 bits per heavy atom. The Labute approximate surface area is 109 Å². The molecule has 0 aliphatic carbocycles. The molecule has 0 aliphatic rings. The standard InChI is InChI=1S/C14H23NO3/c1-5-11(16)9-15-10(2)13-8-12(17-3)6-7-14(13)18-4/h6-8,10-11,15-16H,5,9H2,1-4H3. The van der Waals surface area contributed by atoms with Crippen LogP contribution in [0.5, 0.6) is 11.5 Å². The predicted octanol–water partition coefficient (Wildman–Crippen LogP) is 2.13. The van der Waals surface area contributed by atoms with Crippen molar-refractivity contribution >= 4 is 0 Å². The van der Waals surface area contributed by atoms with Crippen LogP contribution in [-0.2, 0) is 0 Å². The van der Waals surface area contributed by atoms with Crippen LogP contribution < -0.4 is 14.8 Å². The van der Waals surface area contributed by atoms with Crippen molar-refractivity contribution in [3.05, 3.63) is 23.8 Å². The van der Waals surface area contributed by atoms with E-state index < -0.39 is 0 Å². The SMILES string of the molecule is CCC(O)CNC(C)c1cc(OC)ccc1OC. The molecule has 1 aromatic carbocycles. The van der Waals surface area contributed by atoms with Crippen molar-refractivity contribution in [2.45, 2.75) is 32.4 Å². The van der Waals surface area contributed by atoms with E-state index in [9.17, 15) is 5.11 Å². The fraction of sp³-hybridized carbons (Fsp3) is 0.571. The lowest BCUT2D eigenvalue weighted by atomic mass is 10.1. The Morgan fingerprint density at radius 1 is 1.28 bits per heavy atom. The second kappa shape index (κ2) is 7.24. The molecule has 0 bridgehead atoms. The molecule has 2 atom stereocenters. The Hall–Kier alpha value is -1.26. The van der Waals surface area contributed by atoms with Crippen LogP contribution in [0.3, 0.4) is 0 Å². The number of methoxy groups -OCH3 is 2. The van der Waals surface area contributed by atoms with E-state index in [0.29, 0.717) is 6.54 Å². The first-order valence-corrected chi connectivity index (χ1v) is 6.25. The number of ether oxygens (including phenoxy) is 2. The number of rotatable bonds is 7. The van der Waals surface area contributed by atoms with Gasteiger partial charge in [-0.25, -0.2) is 0 Å². The van der Waals surface area contributed by atoms with Gasteiger partial charge >= 0.3 is 0 Å². The third-order valence-corrected chi connectivity index (χ3v) is 3.03. The van der Waals surface area contributed by atoms with Crippen molar-refractivity contribution in [3.63, 3.8) is 0 Å². The molecule has 102 valence electrons. The summed E-state index contributed by atoms with van der Waals surface area (Å²) in [6, 6.07) is 5.81. The Bertz CT molecular complexity index is 368. The average Bonchev–Trinajstić information content (AvgIpc) is 2.43. The third kappa shape index (κ3) is 3.89. The number of hydrogen-bond donors (Lipinski definition) is 2. The van der Waals surface area contributed by atoms with E-state index in [2.05, 4.69) is 5.32 Å². The van der Waals surface area contributed by atoms with E-state index in [1.807, 2.05) is 32.0 Å². The maximum atomic E-state index is 9.56. The number of aliphatic hydroxyl groups excluding tert-OH is 1. The second-order valence-corrected chi connectivity index (χ2v) is 4.30. The van der Waals surface area contributed by atoms with Gasteiger partial charge in [-0.15, -0.1) is 0 Å². The zero-order valence-electron chi connectivity index (χ0n) is 11.6. The molecule has 4 nitrogen and oxygen atoms in total. The number of benzene rings is 1. The summed E-state index contributed by atoms with van der Waals surface area (Å²) < 4.78 is 10.6. The number of nitrogens with one attached hydrogen (secondary N) is 1. The molecule has 0 saturated carbocycles. The molecule has 18 heavy (non-hydrogen) atoms. The van der Waals surface area contributed by atoms with Crippen molar-refractivity contribution in [1.29, 1.82) is 0 Å². The third-order valence-electron chi connectivity index (χ3n) is 3.03. The van der Waals surface area contributed by atoms with E-state index >= 15 is 0 Å². The first-order valence-electron chi connectivity index (χ1n) is 6.25. The summed E-state index contributed by atoms with van der Waals surface area (Å²) in [5, 5.41) is 12.9. The molecule has 0 heterocycles. The molecule has 2 unspecified atom stereocenters. The first-order chi connectivity index (χ1) is 8.62. The lowest BCUT2D eigenvalue weighted by Crippen LogP contribution is -2.28. The molecule has 0 saturated heterocycles. The van der Waals surface area contributed by atoms with E-state index in [-0.39, 0.29) is 12.1 Å². The fourth-order valence-electron chi connectivity index (χ4n) is 1.74. The molecule has 0 fully saturated rings. The molecule has 0 amide bonds. The number of aliphatic hydroxyl groups is 1. The highest BCUT2D eigenvalue weighted by molar-refractivity contribution is 5.42. The Kier molecular flexibility index (Phi) is 5.95. The van der Waals surface area contributed by atoms with Crippen LogP contribution in [0.1, 0.15) is 31.9 Å². The molecule has 0 aliphatic heterocycles. The van der Waals surface area contributed by atoms with Crippen LogP contribution in [0.25, 0.3) is 0 Å². The highest BCUT2D eigenvalue weighted by atomic mass is 16.5. The quantitative estimate of drug-likeness (QED) is 0.781. The largest absolute Gasteiger partial charge is 0.497 e. The van der Waals surface area contributed by atoms with E-state index in [4.69, 9.17) is 9.47 Å². The molecular weight excluding hydrogens is 230 g/mol. The molecule has 1 aromatic rings. The maximum absolute atomic E-state index is 9.56. The lowest BCUT2D eigenvalue weighted by Gasteiger charge is -2.19. The van der Waals surface area contributed by atoms with Gasteiger partial charge in [-0.2, -0.15) is 0 Å². The maximum Gasteiger partial charge on any atom is 0.123 e. The van der Waals surface area contributed by atoms with E-state index in [0.717, 1.165) is 23.5 Å². The van der Waals surface area contributed by atoms with E-state index in [1.165, 1.54) is 0 Å². The van der Waals surface area contributed by atoms with Crippen LogP contribution in [0.4, 0.5) is 0 Å². The van der Waals surface area contributed by atoms with Crippen molar-refractivity contribution in [2.75, 3.05) is 20.8 Å². The van der Waals surface area contributed by atoms with Crippen molar-refractivity contribution < 1.29 is 14.6 Å². The van der Waals surface area contributed by atoms with Crippen LogP contribution >= 0.6 is 0 Å². The predicted molar refractivity (Wildman–Crippen MR) is 72.3 cm³/mol. The van der Waals surface area contributed by atoms with E-state index in [1.54, 1.807) is 14.2 Å². The second-order valence-electron chi connectivity index (χ2n) is 4.30. The van der Waals surface area contributed by atoms with Gasteiger partial charge < -0.3 is 19.9 Å². The van der Waals surface area contributed by atoms with Gasteiger partial charge in [0, 0.05) is 18.2 Å². The van der Waals surface area contributed by atoms with Gasteiger partial charge in [-0.05, 0) is 31.5 Å². The van der Waals surface area contributed by atoms with Gasteiger partial charge in [-0.1, -0.05) is 6.92 Å². The lowest BCUT2D eigenvalue weighted by molar-refractivity contribution is 0.163. The summed E-state index contributed by atoms with van der Waals surface area (Å²) in [6.07, 6.45) is 0.429. The molecular formula is C14H23NO3. The minimum atomic E-state index is -0.316. The molecule has 0 radical (unpaired) electrons. The van der Waals surface area contributed by atoms with Crippen LogP contribution in [-0.4, -0.2) is 32.0 Å². The molecule has 2 N–H and O–H groups in total. The highest BCUT2D eigenvalue weighted by Crippen LogP contribution is 2.29. The summed E-state index contributed by atoms with van der Waals surface area (Å²) in [5.41, 5.74) is 1.03. The van der Waals surface area contributed by atoms with Crippen molar-refractivity contribution in [3.8, 4) is 11.5 Å². The normalized spacial score (nSPS) is 14.1. The van der Waals surface area contributed by atoms with Gasteiger partial charge in [0.1, 0.15) is 11.5 Å². The average molecular weight is 253 g/mol. The molecule has 4 heteroatoms. The molecule has 0 spiro atoms. The molecule has 0 aromatic heterocycles. The summed E-state index contributed by atoms with van der Waals surface area (Å²) in [7, 11) is 3.30. The smallest absolute Gasteiger partial charge is 0.123 e. The number of hydrogen-bond acceptors (Lipinski definition) is 4. The van der Waals surface area contributed by atoms with Crippen molar-refractivity contribution in [2.24, 2.45) is 0 Å². The van der Waals surface area contributed by atoms with Gasteiger partial charge in [0.15, 0.2) is 0 Å². The highest BCUT2D eigenvalue weighted by Gasteiger charge is 2.13. The Morgan fingerprint density at radius 3 is 2.56 bits per heavy atom. The van der Waals surface area contributed by atoms with Crippen molar-refractivity contribution in [1.82, 2.24) is 5.32 Å².